The molecule has 0 aromatic heterocycles. The fourth-order valence-electron chi connectivity index (χ4n) is 3.50. The van der Waals surface area contributed by atoms with Crippen LogP contribution in [0.25, 0.3) is 0 Å². The van der Waals surface area contributed by atoms with Crippen molar-refractivity contribution in [2.75, 3.05) is 19.6 Å². The molecule has 1 unspecified atom stereocenters. The minimum absolute atomic E-state index is 0.172. The molecule has 0 saturated carbocycles. The SMILES string of the molecule is Cc1ccc(S(=O)(=O)N2CCCCC2)cc1C(=O)NCC(C)c1ccccc1. The summed E-state index contributed by atoms with van der Waals surface area (Å²) in [4.78, 5) is 12.9. The van der Waals surface area contributed by atoms with Crippen LogP contribution in [0.15, 0.2) is 53.4 Å². The molecule has 1 amide bonds. The van der Waals surface area contributed by atoms with Crippen LogP contribution in [0.5, 0.6) is 0 Å². The molecule has 0 bridgehead atoms. The quantitative estimate of drug-likeness (QED) is 0.804. The number of benzene rings is 2. The highest BCUT2D eigenvalue weighted by Crippen LogP contribution is 2.23. The first-order valence-electron chi connectivity index (χ1n) is 9.83. The lowest BCUT2D eigenvalue weighted by molar-refractivity contribution is 0.0951. The molecule has 1 fully saturated rings. The van der Waals surface area contributed by atoms with Crippen molar-refractivity contribution >= 4 is 15.9 Å². The maximum Gasteiger partial charge on any atom is 0.251 e. The van der Waals surface area contributed by atoms with Crippen LogP contribution in [0.4, 0.5) is 0 Å². The Morgan fingerprint density at radius 2 is 1.75 bits per heavy atom. The summed E-state index contributed by atoms with van der Waals surface area (Å²) >= 11 is 0. The van der Waals surface area contributed by atoms with Crippen LogP contribution < -0.4 is 5.32 Å². The van der Waals surface area contributed by atoms with E-state index >= 15 is 0 Å². The summed E-state index contributed by atoms with van der Waals surface area (Å²) in [5.41, 5.74) is 2.33. The average molecular weight is 401 g/mol. The molecule has 150 valence electrons. The van der Waals surface area contributed by atoms with E-state index in [4.69, 9.17) is 0 Å². The number of sulfonamides is 1. The number of aryl methyl sites for hydroxylation is 1. The van der Waals surface area contributed by atoms with Crippen molar-refractivity contribution in [2.24, 2.45) is 0 Å². The smallest absolute Gasteiger partial charge is 0.251 e. The van der Waals surface area contributed by atoms with Gasteiger partial charge in [-0.05, 0) is 48.9 Å². The molecule has 1 saturated heterocycles. The van der Waals surface area contributed by atoms with Gasteiger partial charge in [0.15, 0.2) is 0 Å². The fraction of sp³-hybridized carbons (Fsp3) is 0.409. The van der Waals surface area contributed by atoms with Gasteiger partial charge in [0.05, 0.1) is 4.90 Å². The predicted octanol–water partition coefficient (Wildman–Crippen LogP) is 3.70. The van der Waals surface area contributed by atoms with Crippen LogP contribution in [-0.4, -0.2) is 38.3 Å². The van der Waals surface area contributed by atoms with Crippen LogP contribution in [-0.2, 0) is 10.0 Å². The van der Waals surface area contributed by atoms with Gasteiger partial charge in [-0.3, -0.25) is 4.79 Å². The van der Waals surface area contributed by atoms with Crippen LogP contribution in [0.3, 0.4) is 0 Å². The lowest BCUT2D eigenvalue weighted by Gasteiger charge is -2.26. The molecule has 2 aromatic carbocycles. The predicted molar refractivity (Wildman–Crippen MR) is 111 cm³/mol. The van der Waals surface area contributed by atoms with E-state index in [2.05, 4.69) is 12.2 Å². The lowest BCUT2D eigenvalue weighted by atomic mass is 10.0. The Morgan fingerprint density at radius 1 is 1.07 bits per heavy atom. The largest absolute Gasteiger partial charge is 0.351 e. The Bertz CT molecular complexity index is 920. The Balaban J connectivity index is 1.74. The second-order valence-corrected chi connectivity index (χ2v) is 9.40. The fourth-order valence-corrected chi connectivity index (χ4v) is 5.04. The second kappa shape index (κ2) is 8.88. The number of hydrogen-bond donors (Lipinski definition) is 1. The minimum Gasteiger partial charge on any atom is -0.351 e. The van der Waals surface area contributed by atoms with Gasteiger partial charge in [-0.2, -0.15) is 4.31 Å². The van der Waals surface area contributed by atoms with Gasteiger partial charge in [-0.15, -0.1) is 0 Å². The van der Waals surface area contributed by atoms with Gasteiger partial charge in [-0.25, -0.2) is 8.42 Å². The Morgan fingerprint density at radius 3 is 2.43 bits per heavy atom. The average Bonchev–Trinajstić information content (AvgIpc) is 2.73. The van der Waals surface area contributed by atoms with Gasteiger partial charge in [0.2, 0.25) is 10.0 Å². The monoisotopic (exact) mass is 400 g/mol. The standard InChI is InChI=1S/C22H28N2O3S/c1-17-11-12-20(28(26,27)24-13-7-4-8-14-24)15-21(17)22(25)23-16-18(2)19-9-5-3-6-10-19/h3,5-6,9-12,15,18H,4,7-8,13-14,16H2,1-2H3,(H,23,25). The summed E-state index contributed by atoms with van der Waals surface area (Å²) in [6, 6.07) is 14.8. The zero-order valence-corrected chi connectivity index (χ0v) is 17.3. The highest BCUT2D eigenvalue weighted by Gasteiger charge is 2.27. The van der Waals surface area contributed by atoms with E-state index in [1.165, 1.54) is 10.4 Å². The van der Waals surface area contributed by atoms with E-state index < -0.39 is 10.0 Å². The molecule has 1 aliphatic heterocycles. The third kappa shape index (κ3) is 4.62. The summed E-state index contributed by atoms with van der Waals surface area (Å²) in [7, 11) is -3.56. The summed E-state index contributed by atoms with van der Waals surface area (Å²) in [6.45, 7) is 5.47. The zero-order chi connectivity index (χ0) is 20.1. The van der Waals surface area contributed by atoms with E-state index in [0.717, 1.165) is 30.4 Å². The van der Waals surface area contributed by atoms with Gasteiger partial charge in [0, 0.05) is 25.2 Å². The normalized spacial score (nSPS) is 16.5. The molecule has 5 nitrogen and oxygen atoms in total. The van der Waals surface area contributed by atoms with E-state index in [0.29, 0.717) is 25.2 Å². The number of rotatable bonds is 6. The molecule has 1 N–H and O–H groups in total. The van der Waals surface area contributed by atoms with Crippen LogP contribution in [0.2, 0.25) is 0 Å². The van der Waals surface area contributed by atoms with E-state index in [1.807, 2.05) is 37.3 Å². The Hall–Kier alpha value is -2.18. The maximum atomic E-state index is 12.9. The van der Waals surface area contributed by atoms with Crippen molar-refractivity contribution < 1.29 is 13.2 Å². The number of carbonyl (C=O) groups is 1. The van der Waals surface area contributed by atoms with Crippen molar-refractivity contribution in [3.8, 4) is 0 Å². The zero-order valence-electron chi connectivity index (χ0n) is 16.5. The van der Waals surface area contributed by atoms with Crippen molar-refractivity contribution in [3.05, 3.63) is 65.2 Å². The number of piperidine rings is 1. The lowest BCUT2D eigenvalue weighted by Crippen LogP contribution is -2.36. The molecule has 3 rings (SSSR count). The molecule has 28 heavy (non-hydrogen) atoms. The van der Waals surface area contributed by atoms with Crippen molar-refractivity contribution in [1.82, 2.24) is 9.62 Å². The molecular formula is C22H28N2O3S. The molecule has 0 radical (unpaired) electrons. The van der Waals surface area contributed by atoms with Crippen molar-refractivity contribution in [3.63, 3.8) is 0 Å². The van der Waals surface area contributed by atoms with E-state index in [1.54, 1.807) is 12.1 Å². The van der Waals surface area contributed by atoms with Crippen molar-refractivity contribution in [2.45, 2.75) is 43.9 Å². The van der Waals surface area contributed by atoms with E-state index in [9.17, 15) is 13.2 Å². The first-order valence-corrected chi connectivity index (χ1v) is 11.3. The third-order valence-corrected chi connectivity index (χ3v) is 7.24. The Labute approximate surface area is 167 Å². The van der Waals surface area contributed by atoms with Gasteiger partial charge >= 0.3 is 0 Å². The number of carbonyl (C=O) groups excluding carboxylic acids is 1. The topological polar surface area (TPSA) is 66.5 Å². The molecule has 6 heteroatoms. The summed E-state index contributed by atoms with van der Waals surface area (Å²) in [5.74, 6) is -0.0679. The second-order valence-electron chi connectivity index (χ2n) is 7.46. The summed E-state index contributed by atoms with van der Waals surface area (Å²) in [5, 5.41) is 2.95. The van der Waals surface area contributed by atoms with Gasteiger partial charge in [0.1, 0.15) is 0 Å². The Kier molecular flexibility index (Phi) is 6.52. The highest BCUT2D eigenvalue weighted by molar-refractivity contribution is 7.89. The maximum absolute atomic E-state index is 12.9. The van der Waals surface area contributed by atoms with Crippen molar-refractivity contribution in [1.29, 1.82) is 0 Å². The first kappa shape index (κ1) is 20.6. The third-order valence-electron chi connectivity index (χ3n) is 5.34. The van der Waals surface area contributed by atoms with Gasteiger partial charge in [-0.1, -0.05) is 49.7 Å². The molecule has 1 atom stereocenters. The van der Waals surface area contributed by atoms with Crippen LogP contribution in [0, 0.1) is 6.92 Å². The number of nitrogens with one attached hydrogen (secondary N) is 1. The summed E-state index contributed by atoms with van der Waals surface area (Å²) in [6.07, 6.45) is 2.83. The molecule has 1 heterocycles. The molecular weight excluding hydrogens is 372 g/mol. The highest BCUT2D eigenvalue weighted by atomic mass is 32.2. The number of nitrogens with zero attached hydrogens (tertiary/aromatic N) is 1. The van der Waals surface area contributed by atoms with Gasteiger partial charge < -0.3 is 5.32 Å². The minimum atomic E-state index is -3.56. The molecule has 1 aliphatic rings. The molecule has 0 spiro atoms. The number of hydrogen-bond acceptors (Lipinski definition) is 3. The number of amides is 1. The van der Waals surface area contributed by atoms with Crippen LogP contribution in [0.1, 0.15) is 53.6 Å². The van der Waals surface area contributed by atoms with Gasteiger partial charge in [0.25, 0.3) is 5.91 Å². The summed E-state index contributed by atoms with van der Waals surface area (Å²) < 4.78 is 27.4. The molecule has 2 aromatic rings. The van der Waals surface area contributed by atoms with Crippen LogP contribution >= 0.6 is 0 Å². The first-order chi connectivity index (χ1) is 13.4. The van der Waals surface area contributed by atoms with E-state index in [-0.39, 0.29) is 16.7 Å². The molecule has 0 aliphatic carbocycles.